The zero-order valence-electron chi connectivity index (χ0n) is 10.4. The summed E-state index contributed by atoms with van der Waals surface area (Å²) in [7, 11) is 0. The molecule has 0 N–H and O–H groups in total. The lowest BCUT2D eigenvalue weighted by atomic mass is 10.2. The van der Waals surface area contributed by atoms with Gasteiger partial charge in [0.1, 0.15) is 9.90 Å². The van der Waals surface area contributed by atoms with Crippen LogP contribution in [0.25, 0.3) is 11.3 Å². The lowest BCUT2D eigenvalue weighted by Gasteiger charge is -2.03. The van der Waals surface area contributed by atoms with Gasteiger partial charge in [-0.15, -0.1) is 5.10 Å². The fraction of sp³-hybridized carbons (Fsp3) is 0. The van der Waals surface area contributed by atoms with Crippen molar-refractivity contribution in [1.29, 1.82) is 0 Å². The van der Waals surface area contributed by atoms with Crippen molar-refractivity contribution in [1.82, 2.24) is 9.59 Å². The topological polar surface area (TPSA) is 25.8 Å². The van der Waals surface area contributed by atoms with Crippen molar-refractivity contribution in [2.75, 3.05) is 0 Å². The number of benzene rings is 2. The highest BCUT2D eigenvalue weighted by Gasteiger charge is 2.13. The van der Waals surface area contributed by atoms with Crippen LogP contribution in [-0.4, -0.2) is 9.59 Å². The Balaban J connectivity index is 1.93. The standard InChI is InChI=1S/C14H7Cl3N2S2/c15-9-2-4-10(5-3-9)20-14-13(18-19-21-14)8-1-6-11(16)12(17)7-8/h1-7H. The van der Waals surface area contributed by atoms with Gasteiger partial charge in [-0.3, -0.25) is 0 Å². The second-order valence-corrected chi connectivity index (χ2v) is 7.44. The molecule has 0 aliphatic carbocycles. The molecule has 1 heterocycles. The number of hydrogen-bond donors (Lipinski definition) is 0. The zero-order chi connectivity index (χ0) is 14.8. The molecule has 0 amide bonds. The van der Waals surface area contributed by atoms with E-state index in [2.05, 4.69) is 9.59 Å². The van der Waals surface area contributed by atoms with Crippen LogP contribution < -0.4 is 0 Å². The molecule has 0 atom stereocenters. The number of aromatic nitrogens is 2. The van der Waals surface area contributed by atoms with Gasteiger partial charge in [0.05, 0.1) is 10.0 Å². The smallest absolute Gasteiger partial charge is 0.120 e. The second-order valence-electron chi connectivity index (χ2n) is 4.09. The van der Waals surface area contributed by atoms with E-state index in [1.807, 2.05) is 30.3 Å². The summed E-state index contributed by atoms with van der Waals surface area (Å²) in [6, 6.07) is 13.1. The van der Waals surface area contributed by atoms with Crippen LogP contribution in [0.2, 0.25) is 15.1 Å². The molecule has 7 heteroatoms. The van der Waals surface area contributed by atoms with Crippen LogP contribution in [0.3, 0.4) is 0 Å². The number of rotatable bonds is 3. The zero-order valence-corrected chi connectivity index (χ0v) is 14.3. The van der Waals surface area contributed by atoms with E-state index in [-0.39, 0.29) is 0 Å². The van der Waals surface area contributed by atoms with Crippen molar-refractivity contribution in [2.24, 2.45) is 0 Å². The Morgan fingerprint density at radius 3 is 2.38 bits per heavy atom. The average molecular weight is 374 g/mol. The van der Waals surface area contributed by atoms with E-state index in [1.165, 1.54) is 11.5 Å². The molecule has 21 heavy (non-hydrogen) atoms. The van der Waals surface area contributed by atoms with Gasteiger partial charge >= 0.3 is 0 Å². The quantitative estimate of drug-likeness (QED) is 0.537. The van der Waals surface area contributed by atoms with Crippen molar-refractivity contribution in [3.05, 3.63) is 57.5 Å². The molecule has 3 rings (SSSR count). The molecular weight excluding hydrogens is 367 g/mol. The lowest BCUT2D eigenvalue weighted by Crippen LogP contribution is -1.81. The van der Waals surface area contributed by atoms with Gasteiger partial charge in [0.25, 0.3) is 0 Å². The van der Waals surface area contributed by atoms with Crippen molar-refractivity contribution >= 4 is 58.1 Å². The summed E-state index contributed by atoms with van der Waals surface area (Å²) in [6.07, 6.45) is 0. The molecule has 0 unspecified atom stereocenters. The van der Waals surface area contributed by atoms with E-state index in [9.17, 15) is 0 Å². The van der Waals surface area contributed by atoms with Gasteiger partial charge in [0, 0.05) is 15.5 Å². The lowest BCUT2D eigenvalue weighted by molar-refractivity contribution is 1.15. The summed E-state index contributed by atoms with van der Waals surface area (Å²) >= 11 is 20.8. The first-order valence-corrected chi connectivity index (χ1v) is 8.57. The average Bonchev–Trinajstić information content (AvgIpc) is 2.92. The Morgan fingerprint density at radius 2 is 1.67 bits per heavy atom. The van der Waals surface area contributed by atoms with Crippen LogP contribution >= 0.6 is 58.1 Å². The van der Waals surface area contributed by atoms with Crippen LogP contribution in [0.4, 0.5) is 0 Å². The molecule has 0 saturated carbocycles. The molecule has 0 aliphatic rings. The minimum absolute atomic E-state index is 0.504. The number of halogens is 3. The largest absolute Gasteiger partial charge is 0.137 e. The van der Waals surface area contributed by atoms with Crippen LogP contribution in [0.15, 0.2) is 51.6 Å². The predicted molar refractivity (Wildman–Crippen MR) is 90.9 cm³/mol. The van der Waals surface area contributed by atoms with Crippen molar-refractivity contribution in [3.8, 4) is 11.3 Å². The maximum absolute atomic E-state index is 6.06. The third kappa shape index (κ3) is 3.52. The predicted octanol–water partition coefficient (Wildman–Crippen LogP) is 6.32. The van der Waals surface area contributed by atoms with Crippen molar-refractivity contribution in [3.63, 3.8) is 0 Å². The Morgan fingerprint density at radius 1 is 0.905 bits per heavy atom. The highest BCUT2D eigenvalue weighted by Crippen LogP contribution is 2.38. The van der Waals surface area contributed by atoms with E-state index < -0.39 is 0 Å². The summed E-state index contributed by atoms with van der Waals surface area (Å²) in [5, 5.41) is 5.93. The molecule has 0 fully saturated rings. The summed E-state index contributed by atoms with van der Waals surface area (Å²) in [5.41, 5.74) is 1.70. The molecule has 1 aromatic heterocycles. The van der Waals surface area contributed by atoms with Gasteiger partial charge < -0.3 is 0 Å². The maximum atomic E-state index is 6.06. The first-order valence-electron chi connectivity index (χ1n) is 5.84. The Labute approximate surface area is 145 Å². The van der Waals surface area contributed by atoms with Gasteiger partial charge in [-0.25, -0.2) is 0 Å². The highest BCUT2D eigenvalue weighted by molar-refractivity contribution is 8.01. The Hall–Kier alpha value is -0.780. The van der Waals surface area contributed by atoms with Crippen LogP contribution in [0.1, 0.15) is 0 Å². The summed E-state index contributed by atoms with van der Waals surface area (Å²) in [4.78, 5) is 1.08. The minimum atomic E-state index is 0.504. The van der Waals surface area contributed by atoms with E-state index in [0.717, 1.165) is 20.4 Å². The van der Waals surface area contributed by atoms with Crippen LogP contribution in [0.5, 0.6) is 0 Å². The summed E-state index contributed by atoms with van der Waals surface area (Å²) < 4.78 is 5.03. The molecular formula is C14H7Cl3N2S2. The van der Waals surface area contributed by atoms with E-state index in [1.54, 1.807) is 23.9 Å². The molecule has 3 aromatic rings. The second kappa shape index (κ2) is 6.55. The van der Waals surface area contributed by atoms with Gasteiger partial charge in [0.15, 0.2) is 0 Å². The maximum Gasteiger partial charge on any atom is 0.120 e. The molecule has 0 bridgehead atoms. The molecule has 0 spiro atoms. The third-order valence-electron chi connectivity index (χ3n) is 2.68. The van der Waals surface area contributed by atoms with Gasteiger partial charge in [-0.2, -0.15) is 0 Å². The first-order chi connectivity index (χ1) is 10.1. The number of hydrogen-bond acceptors (Lipinski definition) is 4. The Kier molecular flexibility index (Phi) is 4.72. The molecule has 2 aromatic carbocycles. The fourth-order valence-electron chi connectivity index (χ4n) is 1.68. The summed E-state index contributed by atoms with van der Waals surface area (Å²) in [5.74, 6) is 0. The van der Waals surface area contributed by atoms with Crippen LogP contribution in [-0.2, 0) is 0 Å². The van der Waals surface area contributed by atoms with Crippen molar-refractivity contribution in [2.45, 2.75) is 9.10 Å². The summed E-state index contributed by atoms with van der Waals surface area (Å²) in [6.45, 7) is 0. The third-order valence-corrected chi connectivity index (χ3v) is 5.55. The Bertz CT molecular complexity index is 772. The fourth-order valence-corrected chi connectivity index (χ4v) is 3.82. The molecule has 2 nitrogen and oxygen atoms in total. The van der Waals surface area contributed by atoms with E-state index in [0.29, 0.717) is 15.1 Å². The van der Waals surface area contributed by atoms with Gasteiger partial charge in [-0.05, 0) is 47.9 Å². The van der Waals surface area contributed by atoms with Crippen molar-refractivity contribution < 1.29 is 0 Å². The molecule has 106 valence electrons. The highest BCUT2D eigenvalue weighted by atomic mass is 35.5. The SMILES string of the molecule is Clc1ccc(Sc2snnc2-c2ccc(Cl)c(Cl)c2)cc1. The monoisotopic (exact) mass is 372 g/mol. The van der Waals surface area contributed by atoms with Crippen LogP contribution in [0, 0.1) is 0 Å². The van der Waals surface area contributed by atoms with E-state index in [4.69, 9.17) is 34.8 Å². The normalized spacial score (nSPS) is 10.8. The number of nitrogens with zero attached hydrogens (tertiary/aromatic N) is 2. The molecule has 0 saturated heterocycles. The van der Waals surface area contributed by atoms with Gasteiger partial charge in [0.2, 0.25) is 0 Å². The van der Waals surface area contributed by atoms with Gasteiger partial charge in [-0.1, -0.05) is 57.1 Å². The first kappa shape index (κ1) is 15.1. The minimum Gasteiger partial charge on any atom is -0.137 e. The molecule has 0 radical (unpaired) electrons. The molecule has 0 aliphatic heterocycles. The van der Waals surface area contributed by atoms with E-state index >= 15 is 0 Å².